The van der Waals surface area contributed by atoms with E-state index in [0.717, 1.165) is 11.5 Å². The summed E-state index contributed by atoms with van der Waals surface area (Å²) in [5.41, 5.74) is 1.36. The molecule has 0 aliphatic carbocycles. The molecule has 0 radical (unpaired) electrons. The number of aromatic nitrogens is 2. The topological polar surface area (TPSA) is 59.2 Å². The standard InChI is InChI=1S/C12H13N3O2/c1-9-7-11(14-17-9)8-15(2)12(16)10-3-5-13-6-4-10/h3-7H,8H2,1-2H3. The Bertz CT molecular complexity index is 507. The molecule has 2 aromatic heterocycles. The van der Waals surface area contributed by atoms with Crippen molar-refractivity contribution in [2.24, 2.45) is 0 Å². The van der Waals surface area contributed by atoms with Crippen LogP contribution >= 0.6 is 0 Å². The van der Waals surface area contributed by atoms with Crippen molar-refractivity contribution >= 4 is 5.91 Å². The largest absolute Gasteiger partial charge is 0.361 e. The summed E-state index contributed by atoms with van der Waals surface area (Å²) < 4.78 is 4.95. The Morgan fingerprint density at radius 1 is 1.41 bits per heavy atom. The minimum absolute atomic E-state index is 0.0620. The summed E-state index contributed by atoms with van der Waals surface area (Å²) >= 11 is 0. The first-order valence-corrected chi connectivity index (χ1v) is 5.24. The number of hydrogen-bond donors (Lipinski definition) is 0. The Balaban J connectivity index is 2.06. The van der Waals surface area contributed by atoms with E-state index in [9.17, 15) is 4.79 Å². The predicted molar refractivity (Wildman–Crippen MR) is 61.3 cm³/mol. The van der Waals surface area contributed by atoms with E-state index in [1.54, 1.807) is 36.5 Å². The summed E-state index contributed by atoms with van der Waals surface area (Å²) in [6, 6.07) is 5.19. The Hall–Kier alpha value is -2.17. The van der Waals surface area contributed by atoms with E-state index in [4.69, 9.17) is 4.52 Å². The Morgan fingerprint density at radius 3 is 2.71 bits per heavy atom. The van der Waals surface area contributed by atoms with Gasteiger partial charge >= 0.3 is 0 Å². The molecule has 0 unspecified atom stereocenters. The minimum Gasteiger partial charge on any atom is -0.361 e. The van der Waals surface area contributed by atoms with Gasteiger partial charge in [-0.1, -0.05) is 5.16 Å². The van der Waals surface area contributed by atoms with Crippen molar-refractivity contribution in [3.63, 3.8) is 0 Å². The summed E-state index contributed by atoms with van der Waals surface area (Å²) in [5, 5.41) is 3.85. The molecule has 2 aromatic rings. The molecule has 0 atom stereocenters. The molecule has 2 heterocycles. The van der Waals surface area contributed by atoms with Crippen LogP contribution in [0.25, 0.3) is 0 Å². The van der Waals surface area contributed by atoms with Crippen molar-refractivity contribution in [1.82, 2.24) is 15.0 Å². The van der Waals surface area contributed by atoms with E-state index in [1.807, 2.05) is 13.0 Å². The smallest absolute Gasteiger partial charge is 0.254 e. The van der Waals surface area contributed by atoms with Crippen molar-refractivity contribution in [2.45, 2.75) is 13.5 Å². The Labute approximate surface area is 99.1 Å². The fraction of sp³-hybridized carbons (Fsp3) is 0.250. The number of hydrogen-bond acceptors (Lipinski definition) is 4. The number of nitrogens with zero attached hydrogens (tertiary/aromatic N) is 3. The molecule has 5 heteroatoms. The summed E-state index contributed by atoms with van der Waals surface area (Å²) in [6.07, 6.45) is 3.20. The van der Waals surface area contributed by atoms with Gasteiger partial charge in [0.05, 0.1) is 6.54 Å². The van der Waals surface area contributed by atoms with Crippen molar-refractivity contribution in [3.8, 4) is 0 Å². The minimum atomic E-state index is -0.0620. The van der Waals surface area contributed by atoms with Crippen LogP contribution in [0.3, 0.4) is 0 Å². The molecule has 1 amide bonds. The van der Waals surface area contributed by atoms with E-state index >= 15 is 0 Å². The molecular formula is C12H13N3O2. The zero-order valence-corrected chi connectivity index (χ0v) is 9.75. The molecule has 0 aromatic carbocycles. The third-order valence-electron chi connectivity index (χ3n) is 2.35. The number of rotatable bonds is 3. The quantitative estimate of drug-likeness (QED) is 0.805. The fourth-order valence-corrected chi connectivity index (χ4v) is 1.52. The van der Waals surface area contributed by atoms with Crippen molar-refractivity contribution in [2.75, 3.05) is 7.05 Å². The summed E-state index contributed by atoms with van der Waals surface area (Å²) in [4.78, 5) is 17.5. The molecule has 0 bridgehead atoms. The van der Waals surface area contributed by atoms with E-state index < -0.39 is 0 Å². The molecule has 17 heavy (non-hydrogen) atoms. The highest BCUT2D eigenvalue weighted by Crippen LogP contribution is 2.08. The van der Waals surface area contributed by atoms with Gasteiger partial charge in [0.1, 0.15) is 11.5 Å². The molecule has 0 fully saturated rings. The summed E-state index contributed by atoms with van der Waals surface area (Å²) in [7, 11) is 1.73. The number of aryl methyl sites for hydroxylation is 1. The Morgan fingerprint density at radius 2 is 2.12 bits per heavy atom. The third kappa shape index (κ3) is 2.69. The fourth-order valence-electron chi connectivity index (χ4n) is 1.52. The lowest BCUT2D eigenvalue weighted by Crippen LogP contribution is -2.26. The van der Waals surface area contributed by atoms with Crippen molar-refractivity contribution in [1.29, 1.82) is 0 Å². The van der Waals surface area contributed by atoms with Gasteiger partial charge < -0.3 is 9.42 Å². The lowest BCUT2D eigenvalue weighted by atomic mass is 10.2. The van der Waals surface area contributed by atoms with Crippen LogP contribution < -0.4 is 0 Å². The van der Waals surface area contributed by atoms with Gasteiger partial charge in [0.15, 0.2) is 0 Å². The van der Waals surface area contributed by atoms with Crippen LogP contribution in [0.4, 0.5) is 0 Å². The van der Waals surface area contributed by atoms with Crippen LogP contribution in [0.1, 0.15) is 21.8 Å². The molecule has 0 aliphatic heterocycles. The van der Waals surface area contributed by atoms with Crippen LogP contribution in [-0.2, 0) is 6.54 Å². The molecule has 0 saturated heterocycles. The van der Waals surface area contributed by atoms with Gasteiger partial charge in [-0.05, 0) is 19.1 Å². The van der Waals surface area contributed by atoms with Gasteiger partial charge in [-0.15, -0.1) is 0 Å². The maximum Gasteiger partial charge on any atom is 0.254 e. The van der Waals surface area contributed by atoms with Gasteiger partial charge in [-0.3, -0.25) is 9.78 Å². The number of carbonyl (C=O) groups is 1. The third-order valence-corrected chi connectivity index (χ3v) is 2.35. The Kier molecular flexibility index (Phi) is 3.18. The zero-order valence-electron chi connectivity index (χ0n) is 9.75. The van der Waals surface area contributed by atoms with E-state index in [2.05, 4.69) is 10.1 Å². The SMILES string of the molecule is Cc1cc(CN(C)C(=O)c2ccncc2)no1. The van der Waals surface area contributed by atoms with Gasteiger partial charge in [-0.2, -0.15) is 0 Å². The maximum absolute atomic E-state index is 12.0. The highest BCUT2D eigenvalue weighted by atomic mass is 16.5. The average molecular weight is 231 g/mol. The molecule has 5 nitrogen and oxygen atoms in total. The van der Waals surface area contributed by atoms with Crippen molar-refractivity contribution < 1.29 is 9.32 Å². The second-order valence-electron chi connectivity index (χ2n) is 3.83. The lowest BCUT2D eigenvalue weighted by Gasteiger charge is -2.15. The van der Waals surface area contributed by atoms with Crippen LogP contribution in [0.15, 0.2) is 35.1 Å². The average Bonchev–Trinajstić information content (AvgIpc) is 2.75. The molecule has 88 valence electrons. The van der Waals surface area contributed by atoms with E-state index in [-0.39, 0.29) is 5.91 Å². The first kappa shape index (κ1) is 11.3. The molecule has 2 rings (SSSR count). The predicted octanol–water partition coefficient (Wildman–Crippen LogP) is 1.65. The first-order valence-electron chi connectivity index (χ1n) is 5.24. The van der Waals surface area contributed by atoms with Gasteiger partial charge in [0, 0.05) is 31.1 Å². The van der Waals surface area contributed by atoms with Gasteiger partial charge in [0.2, 0.25) is 0 Å². The van der Waals surface area contributed by atoms with Crippen molar-refractivity contribution in [3.05, 3.63) is 47.6 Å². The normalized spacial score (nSPS) is 10.2. The highest BCUT2D eigenvalue weighted by Gasteiger charge is 2.13. The molecule has 0 N–H and O–H groups in total. The van der Waals surface area contributed by atoms with Crippen LogP contribution in [0, 0.1) is 6.92 Å². The maximum atomic E-state index is 12.0. The zero-order chi connectivity index (χ0) is 12.3. The summed E-state index contributed by atoms with van der Waals surface area (Å²) in [5.74, 6) is 0.679. The van der Waals surface area contributed by atoms with Gasteiger partial charge in [-0.25, -0.2) is 0 Å². The molecule has 0 spiro atoms. The van der Waals surface area contributed by atoms with Crippen LogP contribution in [0.5, 0.6) is 0 Å². The van der Waals surface area contributed by atoms with Crippen LogP contribution in [0.2, 0.25) is 0 Å². The number of amides is 1. The second kappa shape index (κ2) is 4.78. The number of pyridine rings is 1. The second-order valence-corrected chi connectivity index (χ2v) is 3.83. The van der Waals surface area contributed by atoms with E-state index in [1.165, 1.54) is 0 Å². The first-order chi connectivity index (χ1) is 8.16. The summed E-state index contributed by atoms with van der Waals surface area (Å²) in [6.45, 7) is 2.25. The monoisotopic (exact) mass is 231 g/mol. The molecule has 0 aliphatic rings. The van der Waals surface area contributed by atoms with Gasteiger partial charge in [0.25, 0.3) is 5.91 Å². The van der Waals surface area contributed by atoms with Crippen LogP contribution in [-0.4, -0.2) is 28.0 Å². The van der Waals surface area contributed by atoms with E-state index in [0.29, 0.717) is 12.1 Å². The number of carbonyl (C=O) groups excluding carboxylic acids is 1. The molecule has 0 saturated carbocycles. The molecular weight excluding hydrogens is 218 g/mol. The highest BCUT2D eigenvalue weighted by molar-refractivity contribution is 5.93. The lowest BCUT2D eigenvalue weighted by molar-refractivity contribution is 0.0782.